The molecule has 0 bridgehead atoms. The molecular formula is C18H26O. The molecule has 0 heterocycles. The minimum absolute atomic E-state index is 0.204. The molecule has 0 spiro atoms. The Labute approximate surface area is 117 Å². The molecule has 2 atom stereocenters. The lowest BCUT2D eigenvalue weighted by Gasteiger charge is -2.39. The van der Waals surface area contributed by atoms with Crippen LogP contribution in [-0.4, -0.2) is 5.78 Å². The van der Waals surface area contributed by atoms with Crippen LogP contribution in [0.3, 0.4) is 0 Å². The molecule has 0 unspecified atom stereocenters. The molecule has 2 rings (SSSR count). The smallest absolute Gasteiger partial charge is 0.160 e. The van der Waals surface area contributed by atoms with Crippen molar-refractivity contribution < 1.29 is 4.79 Å². The number of hydrogen-bond acceptors (Lipinski definition) is 1. The summed E-state index contributed by atoms with van der Waals surface area (Å²) in [4.78, 5) is 11.8. The van der Waals surface area contributed by atoms with E-state index in [0.29, 0.717) is 11.3 Å². The van der Waals surface area contributed by atoms with Crippen molar-refractivity contribution in [2.24, 2.45) is 0 Å². The van der Waals surface area contributed by atoms with Gasteiger partial charge in [-0.25, -0.2) is 0 Å². The van der Waals surface area contributed by atoms with Crippen LogP contribution in [-0.2, 0) is 11.8 Å². The van der Waals surface area contributed by atoms with E-state index in [-0.39, 0.29) is 5.78 Å². The Balaban J connectivity index is 2.67. The van der Waals surface area contributed by atoms with Gasteiger partial charge >= 0.3 is 0 Å². The topological polar surface area (TPSA) is 17.1 Å². The maximum absolute atomic E-state index is 11.8. The molecule has 19 heavy (non-hydrogen) atoms. The van der Waals surface area contributed by atoms with Crippen molar-refractivity contribution in [3.05, 3.63) is 34.4 Å². The zero-order valence-electron chi connectivity index (χ0n) is 13.0. The molecule has 1 aromatic rings. The summed E-state index contributed by atoms with van der Waals surface area (Å²) in [6, 6.07) is 4.51. The quantitative estimate of drug-likeness (QED) is 0.696. The molecule has 1 aliphatic carbocycles. The summed E-state index contributed by atoms with van der Waals surface area (Å²) in [5, 5.41) is 0. The van der Waals surface area contributed by atoms with Gasteiger partial charge in [-0.15, -0.1) is 0 Å². The van der Waals surface area contributed by atoms with Gasteiger partial charge in [-0.1, -0.05) is 33.8 Å². The number of fused-ring (bicyclic) bond motifs is 1. The first kappa shape index (κ1) is 14.3. The van der Waals surface area contributed by atoms with Crippen LogP contribution in [0.15, 0.2) is 12.1 Å². The summed E-state index contributed by atoms with van der Waals surface area (Å²) in [6.45, 7) is 10.8. The van der Waals surface area contributed by atoms with Crippen LogP contribution in [0.5, 0.6) is 0 Å². The molecule has 0 N–H and O–H groups in total. The number of carbonyl (C=O) groups excluding carboxylic acids is 1. The van der Waals surface area contributed by atoms with Crippen LogP contribution in [0.25, 0.3) is 0 Å². The van der Waals surface area contributed by atoms with E-state index in [2.05, 4.69) is 39.8 Å². The fourth-order valence-electron chi connectivity index (χ4n) is 3.40. The number of Topliss-reactive ketones (excluding diaryl/α,β-unsaturated/α-hetero) is 1. The number of rotatable bonds is 3. The molecule has 104 valence electrons. The highest BCUT2D eigenvalue weighted by Gasteiger charge is 2.34. The zero-order chi connectivity index (χ0) is 14.2. The van der Waals surface area contributed by atoms with Gasteiger partial charge in [0.2, 0.25) is 0 Å². The van der Waals surface area contributed by atoms with Gasteiger partial charge in [0.25, 0.3) is 0 Å². The van der Waals surface area contributed by atoms with E-state index in [9.17, 15) is 4.79 Å². The Morgan fingerprint density at radius 2 is 2.05 bits per heavy atom. The number of aryl methyl sites for hydroxylation is 1. The highest BCUT2D eigenvalue weighted by molar-refractivity contribution is 5.96. The largest absolute Gasteiger partial charge is 0.295 e. The van der Waals surface area contributed by atoms with Gasteiger partial charge in [-0.2, -0.15) is 0 Å². The second kappa shape index (κ2) is 5.11. The maximum Gasteiger partial charge on any atom is 0.160 e. The van der Waals surface area contributed by atoms with Gasteiger partial charge in [0.05, 0.1) is 0 Å². The van der Waals surface area contributed by atoms with E-state index in [1.54, 1.807) is 6.92 Å². The van der Waals surface area contributed by atoms with Crippen LogP contribution in [0.1, 0.15) is 86.8 Å². The summed E-state index contributed by atoms with van der Waals surface area (Å²) in [5.41, 5.74) is 5.36. The second-order valence-electron chi connectivity index (χ2n) is 6.36. The fraction of sp³-hybridized carbons (Fsp3) is 0.611. The summed E-state index contributed by atoms with van der Waals surface area (Å²) < 4.78 is 0. The molecule has 1 aromatic carbocycles. The van der Waals surface area contributed by atoms with Crippen molar-refractivity contribution in [3.8, 4) is 0 Å². The van der Waals surface area contributed by atoms with Gasteiger partial charge in [0, 0.05) is 5.56 Å². The molecule has 0 fully saturated rings. The minimum atomic E-state index is 0.204. The normalized spacial score (nSPS) is 26.1. The first-order valence-electron chi connectivity index (χ1n) is 7.61. The molecule has 1 heteroatoms. The van der Waals surface area contributed by atoms with Crippen LogP contribution in [0.4, 0.5) is 0 Å². The Morgan fingerprint density at radius 1 is 1.37 bits per heavy atom. The minimum Gasteiger partial charge on any atom is -0.295 e. The molecular weight excluding hydrogens is 232 g/mol. The van der Waals surface area contributed by atoms with Crippen LogP contribution in [0.2, 0.25) is 0 Å². The van der Waals surface area contributed by atoms with Gasteiger partial charge < -0.3 is 0 Å². The van der Waals surface area contributed by atoms with Crippen molar-refractivity contribution in [2.45, 2.75) is 71.6 Å². The average molecular weight is 258 g/mol. The van der Waals surface area contributed by atoms with Crippen molar-refractivity contribution >= 4 is 5.78 Å². The number of benzene rings is 1. The van der Waals surface area contributed by atoms with Gasteiger partial charge in [0.1, 0.15) is 0 Å². The number of hydrogen-bond donors (Lipinski definition) is 0. The SMILES string of the molecule is CCc1cc2c(cc1C(C)=O)[C@@H](C)CC[C@@]2(C)CC. The standard InChI is InChI=1S/C18H26O/c1-6-14-10-17-15(11-16(14)13(4)19)12(3)8-9-18(17,5)7-2/h10-12H,6-9H2,1-5H3/t12-,18+/m0/s1. The monoisotopic (exact) mass is 258 g/mol. The summed E-state index contributed by atoms with van der Waals surface area (Å²) in [7, 11) is 0. The zero-order valence-corrected chi connectivity index (χ0v) is 13.0. The van der Waals surface area contributed by atoms with Crippen molar-refractivity contribution in [1.82, 2.24) is 0 Å². The van der Waals surface area contributed by atoms with Crippen molar-refractivity contribution in [2.75, 3.05) is 0 Å². The van der Waals surface area contributed by atoms with Gasteiger partial charge in [-0.3, -0.25) is 4.79 Å². The predicted molar refractivity (Wildman–Crippen MR) is 81.1 cm³/mol. The van der Waals surface area contributed by atoms with Crippen LogP contribution in [0, 0.1) is 0 Å². The van der Waals surface area contributed by atoms with E-state index in [1.165, 1.54) is 36.0 Å². The summed E-state index contributed by atoms with van der Waals surface area (Å²) in [6.07, 6.45) is 4.62. The highest BCUT2D eigenvalue weighted by atomic mass is 16.1. The number of carbonyl (C=O) groups is 1. The van der Waals surface area contributed by atoms with Gasteiger partial charge in [0.15, 0.2) is 5.78 Å². The average Bonchev–Trinajstić information content (AvgIpc) is 2.41. The van der Waals surface area contributed by atoms with E-state index in [0.717, 1.165) is 12.0 Å². The Hall–Kier alpha value is -1.11. The fourth-order valence-corrected chi connectivity index (χ4v) is 3.40. The molecule has 0 aliphatic heterocycles. The third-order valence-electron chi connectivity index (χ3n) is 5.13. The summed E-state index contributed by atoms with van der Waals surface area (Å²) in [5.74, 6) is 0.786. The van der Waals surface area contributed by atoms with Crippen LogP contribution < -0.4 is 0 Å². The molecule has 1 aliphatic rings. The van der Waals surface area contributed by atoms with E-state index < -0.39 is 0 Å². The molecule has 0 saturated heterocycles. The Bertz CT molecular complexity index is 501. The lowest BCUT2D eigenvalue weighted by molar-refractivity contribution is 0.101. The van der Waals surface area contributed by atoms with E-state index in [4.69, 9.17) is 0 Å². The van der Waals surface area contributed by atoms with Crippen molar-refractivity contribution in [3.63, 3.8) is 0 Å². The lowest BCUT2D eigenvalue weighted by atomic mass is 9.66. The third-order valence-corrected chi connectivity index (χ3v) is 5.13. The molecule has 1 nitrogen and oxygen atoms in total. The molecule has 0 aromatic heterocycles. The van der Waals surface area contributed by atoms with Crippen LogP contribution >= 0.6 is 0 Å². The highest BCUT2D eigenvalue weighted by Crippen LogP contribution is 2.45. The molecule has 0 amide bonds. The van der Waals surface area contributed by atoms with E-state index >= 15 is 0 Å². The third kappa shape index (κ3) is 2.35. The van der Waals surface area contributed by atoms with Crippen molar-refractivity contribution in [1.29, 1.82) is 0 Å². The first-order valence-corrected chi connectivity index (χ1v) is 7.61. The van der Waals surface area contributed by atoms with E-state index in [1.807, 2.05) is 0 Å². The first-order chi connectivity index (χ1) is 8.92. The second-order valence-corrected chi connectivity index (χ2v) is 6.36. The molecule has 0 saturated carbocycles. The number of ketones is 1. The summed E-state index contributed by atoms with van der Waals surface area (Å²) >= 11 is 0. The Morgan fingerprint density at radius 3 is 2.58 bits per heavy atom. The van der Waals surface area contributed by atoms with Gasteiger partial charge in [-0.05, 0) is 66.7 Å². The Kier molecular flexibility index (Phi) is 3.85. The predicted octanol–water partition coefficient (Wildman–Crippen LogP) is 5.02. The maximum atomic E-state index is 11.8. The lowest BCUT2D eigenvalue weighted by Crippen LogP contribution is -2.29. The molecule has 0 radical (unpaired) electrons.